The Labute approximate surface area is 286 Å². The number of halogens is 2. The molecule has 1 saturated carbocycles. The highest BCUT2D eigenvalue weighted by Gasteiger charge is 2.36. The van der Waals surface area contributed by atoms with Crippen molar-refractivity contribution in [3.05, 3.63) is 125 Å². The Balaban J connectivity index is 1.60. The molecule has 2 amide bonds. The summed E-state index contributed by atoms with van der Waals surface area (Å²) in [6.45, 7) is -0.989. The standard InChI is InChI=1S/C37H39ClFN3O5S/c1-47-35-22-21-29(38)24-33(35)42(48(45,46)31-18-9-4-10-19-31)26-36(43)41(25-28-15-11-12-20-32(28)39)34(23-27-13-5-2-6-14-27)37(44)40-30-16-7-3-8-17-30/h2,4-6,9-15,18-22,24,30,34H,3,7-8,16-17,23,25-26H2,1H3,(H,40,44)/t34-/m0/s1. The Bertz CT molecular complexity index is 1800. The number of hydrogen-bond donors (Lipinski definition) is 1. The van der Waals surface area contributed by atoms with E-state index < -0.39 is 34.3 Å². The second-order valence-electron chi connectivity index (χ2n) is 11.8. The molecule has 11 heteroatoms. The van der Waals surface area contributed by atoms with E-state index in [0.29, 0.717) is 0 Å². The molecule has 0 spiro atoms. The van der Waals surface area contributed by atoms with Gasteiger partial charge in [0.2, 0.25) is 11.8 Å². The molecule has 0 aliphatic heterocycles. The lowest BCUT2D eigenvalue weighted by atomic mass is 9.94. The maximum atomic E-state index is 15.2. The first kappa shape index (κ1) is 34.9. The first-order valence-electron chi connectivity index (χ1n) is 16.0. The van der Waals surface area contributed by atoms with Crippen LogP contribution in [0.2, 0.25) is 5.02 Å². The highest BCUT2D eigenvalue weighted by atomic mass is 35.5. The third-order valence-corrected chi connectivity index (χ3v) is 10.5. The summed E-state index contributed by atoms with van der Waals surface area (Å²) in [6.07, 6.45) is 4.84. The van der Waals surface area contributed by atoms with Gasteiger partial charge in [-0.1, -0.05) is 97.6 Å². The Hall–Kier alpha value is -4.41. The molecule has 0 bridgehead atoms. The molecule has 0 unspecified atom stereocenters. The number of methoxy groups -OCH3 is 1. The fourth-order valence-corrected chi connectivity index (χ4v) is 7.60. The fourth-order valence-electron chi connectivity index (χ4n) is 6.00. The molecule has 4 aromatic carbocycles. The maximum absolute atomic E-state index is 15.2. The van der Waals surface area contributed by atoms with Crippen molar-refractivity contribution in [2.24, 2.45) is 0 Å². The van der Waals surface area contributed by atoms with Crippen LogP contribution in [-0.2, 0) is 32.6 Å². The predicted octanol–water partition coefficient (Wildman–Crippen LogP) is 6.77. The molecular formula is C37H39ClFN3O5S. The summed E-state index contributed by atoms with van der Waals surface area (Å²) in [5, 5.41) is 3.37. The lowest BCUT2D eigenvalue weighted by molar-refractivity contribution is -0.140. The van der Waals surface area contributed by atoms with Gasteiger partial charge in [-0.25, -0.2) is 12.8 Å². The van der Waals surface area contributed by atoms with Crippen LogP contribution in [0.4, 0.5) is 10.1 Å². The number of anilines is 1. The van der Waals surface area contributed by atoms with Crippen molar-refractivity contribution < 1.29 is 27.1 Å². The van der Waals surface area contributed by atoms with E-state index in [1.165, 1.54) is 42.3 Å². The van der Waals surface area contributed by atoms with Crippen LogP contribution in [0.3, 0.4) is 0 Å². The quantitative estimate of drug-likeness (QED) is 0.167. The first-order chi connectivity index (χ1) is 23.2. The van der Waals surface area contributed by atoms with Crippen LogP contribution >= 0.6 is 11.6 Å². The van der Waals surface area contributed by atoms with Gasteiger partial charge in [0, 0.05) is 29.6 Å². The molecule has 1 fully saturated rings. The van der Waals surface area contributed by atoms with Crippen molar-refractivity contribution in [2.45, 2.75) is 62.0 Å². The minimum Gasteiger partial charge on any atom is -0.495 e. The Kier molecular flexibility index (Phi) is 11.7. The van der Waals surface area contributed by atoms with E-state index in [0.717, 1.165) is 42.0 Å². The number of benzene rings is 4. The first-order valence-corrected chi connectivity index (χ1v) is 17.8. The Morgan fingerprint density at radius 3 is 2.23 bits per heavy atom. The zero-order chi connectivity index (χ0) is 34.1. The van der Waals surface area contributed by atoms with Crippen molar-refractivity contribution in [1.82, 2.24) is 10.2 Å². The molecule has 252 valence electrons. The average molecular weight is 692 g/mol. The van der Waals surface area contributed by atoms with Crippen molar-refractivity contribution in [3.63, 3.8) is 0 Å². The largest absolute Gasteiger partial charge is 0.495 e. The third kappa shape index (κ3) is 8.54. The van der Waals surface area contributed by atoms with Gasteiger partial charge in [-0.05, 0) is 54.8 Å². The van der Waals surface area contributed by atoms with Crippen molar-refractivity contribution in [2.75, 3.05) is 18.0 Å². The van der Waals surface area contributed by atoms with E-state index >= 15 is 4.39 Å². The molecule has 1 aliphatic rings. The van der Waals surface area contributed by atoms with E-state index in [9.17, 15) is 18.0 Å². The molecule has 5 rings (SSSR count). The normalized spacial score (nSPS) is 14.1. The molecule has 0 saturated heterocycles. The zero-order valence-corrected chi connectivity index (χ0v) is 28.3. The predicted molar refractivity (Wildman–Crippen MR) is 185 cm³/mol. The number of amides is 2. The summed E-state index contributed by atoms with van der Waals surface area (Å²) in [5.74, 6) is -1.47. The second-order valence-corrected chi connectivity index (χ2v) is 14.1. The molecule has 0 aromatic heterocycles. The van der Waals surface area contributed by atoms with Crippen molar-refractivity contribution in [1.29, 1.82) is 0 Å². The van der Waals surface area contributed by atoms with Gasteiger partial charge in [0.15, 0.2) is 0 Å². The monoisotopic (exact) mass is 691 g/mol. The smallest absolute Gasteiger partial charge is 0.264 e. The minimum atomic E-state index is -4.37. The van der Waals surface area contributed by atoms with Gasteiger partial charge in [-0.3, -0.25) is 13.9 Å². The molecule has 4 aromatic rings. The molecule has 0 heterocycles. The van der Waals surface area contributed by atoms with Gasteiger partial charge < -0.3 is 15.0 Å². The van der Waals surface area contributed by atoms with Gasteiger partial charge in [-0.15, -0.1) is 0 Å². The summed E-state index contributed by atoms with van der Waals surface area (Å²) in [7, 11) is -2.98. The Morgan fingerprint density at radius 1 is 0.917 bits per heavy atom. The molecule has 1 atom stereocenters. The van der Waals surface area contributed by atoms with Gasteiger partial charge in [-0.2, -0.15) is 0 Å². The van der Waals surface area contributed by atoms with E-state index in [1.807, 2.05) is 30.3 Å². The van der Waals surface area contributed by atoms with E-state index in [1.54, 1.807) is 42.5 Å². The highest BCUT2D eigenvalue weighted by molar-refractivity contribution is 7.92. The van der Waals surface area contributed by atoms with E-state index in [-0.39, 0.29) is 51.8 Å². The number of rotatable bonds is 13. The second kappa shape index (κ2) is 16.1. The van der Waals surface area contributed by atoms with Crippen LogP contribution < -0.4 is 14.4 Å². The molecule has 48 heavy (non-hydrogen) atoms. The molecule has 1 N–H and O–H groups in total. The van der Waals surface area contributed by atoms with E-state index in [2.05, 4.69) is 5.32 Å². The number of carbonyl (C=O) groups excluding carboxylic acids is 2. The maximum Gasteiger partial charge on any atom is 0.264 e. The third-order valence-electron chi connectivity index (χ3n) is 8.54. The van der Waals surface area contributed by atoms with Crippen molar-refractivity contribution >= 4 is 39.1 Å². The van der Waals surface area contributed by atoms with Crippen LogP contribution in [0.5, 0.6) is 5.75 Å². The van der Waals surface area contributed by atoms with Crippen LogP contribution in [0.1, 0.15) is 43.2 Å². The van der Waals surface area contributed by atoms with Gasteiger partial charge >= 0.3 is 0 Å². The number of nitrogens with zero attached hydrogens (tertiary/aromatic N) is 2. The zero-order valence-electron chi connectivity index (χ0n) is 26.7. The molecule has 0 radical (unpaired) electrons. The van der Waals surface area contributed by atoms with Crippen LogP contribution in [0.15, 0.2) is 108 Å². The lowest BCUT2D eigenvalue weighted by Gasteiger charge is -2.35. The number of nitrogens with one attached hydrogen (secondary N) is 1. The number of hydrogen-bond acceptors (Lipinski definition) is 5. The van der Waals surface area contributed by atoms with Gasteiger partial charge in [0.05, 0.1) is 17.7 Å². The van der Waals surface area contributed by atoms with Crippen LogP contribution in [0, 0.1) is 5.82 Å². The summed E-state index contributed by atoms with van der Waals surface area (Å²) in [6, 6.07) is 26.3. The SMILES string of the molecule is COc1ccc(Cl)cc1N(CC(=O)N(Cc1ccccc1F)[C@@H](Cc1ccccc1)C(=O)NC1CCCCC1)S(=O)(=O)c1ccccc1. The summed E-state index contributed by atoms with van der Waals surface area (Å²) in [5.41, 5.74) is 1.02. The van der Waals surface area contributed by atoms with Crippen LogP contribution in [-0.4, -0.2) is 50.9 Å². The molecular weight excluding hydrogens is 653 g/mol. The van der Waals surface area contributed by atoms with Gasteiger partial charge in [0.1, 0.15) is 24.2 Å². The molecule has 1 aliphatic carbocycles. The Morgan fingerprint density at radius 2 is 1.56 bits per heavy atom. The van der Waals surface area contributed by atoms with E-state index in [4.69, 9.17) is 16.3 Å². The molecule has 8 nitrogen and oxygen atoms in total. The number of carbonyl (C=O) groups is 2. The average Bonchev–Trinajstić information content (AvgIpc) is 3.10. The van der Waals surface area contributed by atoms with Crippen molar-refractivity contribution in [3.8, 4) is 5.75 Å². The number of sulfonamides is 1. The topological polar surface area (TPSA) is 96.0 Å². The summed E-state index contributed by atoms with van der Waals surface area (Å²) >= 11 is 6.35. The highest BCUT2D eigenvalue weighted by Crippen LogP contribution is 2.35. The van der Waals surface area contributed by atoms with Crippen LogP contribution in [0.25, 0.3) is 0 Å². The van der Waals surface area contributed by atoms with Gasteiger partial charge in [0.25, 0.3) is 10.0 Å². The number of ether oxygens (including phenoxy) is 1. The fraction of sp³-hybridized carbons (Fsp3) is 0.297. The summed E-state index contributed by atoms with van der Waals surface area (Å²) < 4.78 is 50.1. The lowest BCUT2D eigenvalue weighted by Crippen LogP contribution is -2.55. The summed E-state index contributed by atoms with van der Waals surface area (Å²) in [4.78, 5) is 30.1. The minimum absolute atomic E-state index is 0.0410.